The molecule has 2 aliphatic carbocycles. The van der Waals surface area contributed by atoms with Crippen molar-refractivity contribution in [2.75, 3.05) is 26.2 Å². The van der Waals surface area contributed by atoms with E-state index in [1.807, 2.05) is 0 Å². The van der Waals surface area contributed by atoms with Gasteiger partial charge >= 0.3 is 0 Å². The van der Waals surface area contributed by atoms with E-state index in [0.29, 0.717) is 11.6 Å². The molecule has 122 valence electrons. The lowest BCUT2D eigenvalue weighted by Gasteiger charge is -2.51. The second-order valence-electron chi connectivity index (χ2n) is 7.70. The van der Waals surface area contributed by atoms with E-state index in [0.717, 1.165) is 38.0 Å². The van der Waals surface area contributed by atoms with E-state index >= 15 is 0 Å². The molecule has 0 aromatic carbocycles. The van der Waals surface area contributed by atoms with Gasteiger partial charge in [-0.25, -0.2) is 0 Å². The predicted octanol–water partition coefficient (Wildman–Crippen LogP) is 3.18. The fourth-order valence-corrected chi connectivity index (χ4v) is 4.75. The van der Waals surface area contributed by atoms with E-state index in [-0.39, 0.29) is 0 Å². The van der Waals surface area contributed by atoms with Gasteiger partial charge in [0.05, 0.1) is 6.10 Å². The second-order valence-corrected chi connectivity index (χ2v) is 7.70. The molecule has 3 atom stereocenters. The number of piperidine rings is 1. The van der Waals surface area contributed by atoms with Crippen LogP contribution in [0.3, 0.4) is 0 Å². The van der Waals surface area contributed by atoms with Gasteiger partial charge in [0.2, 0.25) is 0 Å². The van der Waals surface area contributed by atoms with Gasteiger partial charge < -0.3 is 10.5 Å². The van der Waals surface area contributed by atoms with E-state index < -0.39 is 0 Å². The van der Waals surface area contributed by atoms with Crippen molar-refractivity contribution in [3.63, 3.8) is 0 Å². The van der Waals surface area contributed by atoms with E-state index in [9.17, 15) is 0 Å². The Morgan fingerprint density at radius 1 is 1.14 bits per heavy atom. The summed E-state index contributed by atoms with van der Waals surface area (Å²) in [5, 5.41) is 0. The Bertz CT molecular complexity index is 331. The minimum atomic E-state index is 0.291. The van der Waals surface area contributed by atoms with Crippen LogP contribution in [0.25, 0.3) is 0 Å². The molecular weight excluding hydrogens is 260 g/mol. The quantitative estimate of drug-likeness (QED) is 0.817. The number of rotatable bonds is 6. The number of likely N-dealkylation sites (tertiary alicyclic amines) is 1. The summed E-state index contributed by atoms with van der Waals surface area (Å²) in [6.07, 6.45) is 12.6. The predicted molar refractivity (Wildman–Crippen MR) is 87.3 cm³/mol. The van der Waals surface area contributed by atoms with Crippen molar-refractivity contribution in [2.45, 2.75) is 76.4 Å². The molecule has 1 saturated heterocycles. The summed E-state index contributed by atoms with van der Waals surface area (Å²) < 4.78 is 6.05. The smallest absolute Gasteiger partial charge is 0.0702 e. The van der Waals surface area contributed by atoms with Gasteiger partial charge in [0.25, 0.3) is 0 Å². The number of nitrogens with zero attached hydrogens (tertiary/aromatic N) is 1. The maximum absolute atomic E-state index is 6.31. The van der Waals surface area contributed by atoms with Crippen LogP contribution in [0.4, 0.5) is 0 Å². The molecule has 3 unspecified atom stereocenters. The van der Waals surface area contributed by atoms with Crippen LogP contribution < -0.4 is 5.73 Å². The normalized spacial score (nSPS) is 38.6. The van der Waals surface area contributed by atoms with Crippen molar-refractivity contribution >= 4 is 0 Å². The summed E-state index contributed by atoms with van der Waals surface area (Å²) in [6, 6.07) is 0. The SMILES string of the molecule is CCCOC1CCCN(C2(CN)CCCC(C3CC3)C2)C1. The van der Waals surface area contributed by atoms with E-state index in [1.165, 1.54) is 57.9 Å². The summed E-state index contributed by atoms with van der Waals surface area (Å²) in [5.74, 6) is 1.99. The van der Waals surface area contributed by atoms with Crippen molar-refractivity contribution in [3.8, 4) is 0 Å². The third kappa shape index (κ3) is 3.62. The van der Waals surface area contributed by atoms with Crippen molar-refractivity contribution < 1.29 is 4.74 Å². The molecule has 0 amide bonds. The zero-order valence-corrected chi connectivity index (χ0v) is 13.9. The molecule has 3 fully saturated rings. The molecule has 0 bridgehead atoms. The van der Waals surface area contributed by atoms with Crippen LogP contribution in [0, 0.1) is 11.8 Å². The van der Waals surface area contributed by atoms with Crippen molar-refractivity contribution in [2.24, 2.45) is 17.6 Å². The largest absolute Gasteiger partial charge is 0.377 e. The van der Waals surface area contributed by atoms with Crippen molar-refractivity contribution in [1.82, 2.24) is 4.90 Å². The van der Waals surface area contributed by atoms with Gasteiger partial charge in [0.15, 0.2) is 0 Å². The molecule has 2 saturated carbocycles. The lowest BCUT2D eigenvalue weighted by molar-refractivity contribution is -0.0541. The Balaban J connectivity index is 1.63. The Morgan fingerprint density at radius 3 is 2.71 bits per heavy atom. The highest BCUT2D eigenvalue weighted by molar-refractivity contribution is 5.01. The number of hydrogen-bond donors (Lipinski definition) is 1. The average Bonchev–Trinajstić information content (AvgIpc) is 3.38. The molecule has 0 radical (unpaired) electrons. The van der Waals surface area contributed by atoms with Crippen LogP contribution in [0.15, 0.2) is 0 Å². The standard InChI is InChI=1S/C18H34N2O/c1-2-11-21-17-6-4-10-20(13-17)18(14-19)9-3-5-16(12-18)15-7-8-15/h15-17H,2-14,19H2,1H3. The summed E-state index contributed by atoms with van der Waals surface area (Å²) in [5.41, 5.74) is 6.61. The molecular formula is C18H34N2O. The lowest BCUT2D eigenvalue weighted by Crippen LogP contribution is -2.60. The maximum Gasteiger partial charge on any atom is 0.0702 e. The number of hydrogen-bond acceptors (Lipinski definition) is 3. The van der Waals surface area contributed by atoms with Crippen LogP contribution in [-0.2, 0) is 4.74 Å². The zero-order chi connectivity index (χ0) is 14.7. The minimum absolute atomic E-state index is 0.291. The average molecular weight is 294 g/mol. The first-order valence-electron chi connectivity index (χ1n) is 9.34. The molecule has 3 aliphatic rings. The van der Waals surface area contributed by atoms with Crippen LogP contribution in [0.2, 0.25) is 0 Å². The highest BCUT2D eigenvalue weighted by Gasteiger charge is 2.45. The van der Waals surface area contributed by atoms with Gasteiger partial charge in [0, 0.05) is 25.2 Å². The number of nitrogens with two attached hydrogens (primary N) is 1. The van der Waals surface area contributed by atoms with Gasteiger partial charge in [-0.3, -0.25) is 4.90 Å². The number of ether oxygens (including phenoxy) is 1. The van der Waals surface area contributed by atoms with E-state index in [1.54, 1.807) is 0 Å². The topological polar surface area (TPSA) is 38.5 Å². The fourth-order valence-electron chi connectivity index (χ4n) is 4.75. The summed E-state index contributed by atoms with van der Waals surface area (Å²) >= 11 is 0. The molecule has 2 N–H and O–H groups in total. The van der Waals surface area contributed by atoms with Gasteiger partial charge in [0.1, 0.15) is 0 Å². The minimum Gasteiger partial charge on any atom is -0.377 e. The summed E-state index contributed by atoms with van der Waals surface area (Å²) in [4.78, 5) is 2.73. The Hall–Kier alpha value is -0.120. The fraction of sp³-hybridized carbons (Fsp3) is 1.00. The molecule has 3 heteroatoms. The molecule has 3 rings (SSSR count). The van der Waals surface area contributed by atoms with Gasteiger partial charge in [-0.1, -0.05) is 19.8 Å². The lowest BCUT2D eigenvalue weighted by atomic mass is 9.72. The second kappa shape index (κ2) is 6.97. The first-order chi connectivity index (χ1) is 10.3. The first kappa shape index (κ1) is 15.8. The van der Waals surface area contributed by atoms with Gasteiger partial charge in [-0.15, -0.1) is 0 Å². The Kier molecular flexibility index (Phi) is 5.23. The van der Waals surface area contributed by atoms with Gasteiger partial charge in [-0.05, 0) is 63.3 Å². The molecule has 21 heavy (non-hydrogen) atoms. The van der Waals surface area contributed by atoms with Crippen molar-refractivity contribution in [1.29, 1.82) is 0 Å². The molecule has 0 spiro atoms. The summed E-state index contributed by atoms with van der Waals surface area (Å²) in [6.45, 7) is 6.31. The van der Waals surface area contributed by atoms with Crippen molar-refractivity contribution in [3.05, 3.63) is 0 Å². The van der Waals surface area contributed by atoms with E-state index in [4.69, 9.17) is 10.5 Å². The molecule has 0 aromatic rings. The maximum atomic E-state index is 6.31. The highest BCUT2D eigenvalue weighted by atomic mass is 16.5. The zero-order valence-electron chi connectivity index (χ0n) is 13.9. The van der Waals surface area contributed by atoms with Crippen LogP contribution in [0.1, 0.15) is 64.7 Å². The Labute approximate surface area is 130 Å². The molecule has 0 aromatic heterocycles. The van der Waals surface area contributed by atoms with Crippen LogP contribution in [0.5, 0.6) is 0 Å². The van der Waals surface area contributed by atoms with Crippen LogP contribution in [-0.4, -0.2) is 42.8 Å². The third-order valence-electron chi connectivity index (χ3n) is 6.13. The Morgan fingerprint density at radius 2 is 2.00 bits per heavy atom. The van der Waals surface area contributed by atoms with Crippen LogP contribution >= 0.6 is 0 Å². The molecule has 1 aliphatic heterocycles. The third-order valence-corrected chi connectivity index (χ3v) is 6.13. The molecule has 3 nitrogen and oxygen atoms in total. The molecule has 1 heterocycles. The van der Waals surface area contributed by atoms with Gasteiger partial charge in [-0.2, -0.15) is 0 Å². The monoisotopic (exact) mass is 294 g/mol. The highest BCUT2D eigenvalue weighted by Crippen LogP contribution is 2.48. The summed E-state index contributed by atoms with van der Waals surface area (Å²) in [7, 11) is 0. The van der Waals surface area contributed by atoms with E-state index in [2.05, 4.69) is 11.8 Å². The first-order valence-corrected chi connectivity index (χ1v) is 9.34.